The lowest BCUT2D eigenvalue weighted by atomic mass is 9.95. The molecule has 1 fully saturated rings. The van der Waals surface area contributed by atoms with Crippen LogP contribution in [0.4, 0.5) is 5.95 Å². The fourth-order valence-corrected chi connectivity index (χ4v) is 3.62. The number of carbonyl (C=O) groups excluding carboxylic acids is 2. The third kappa shape index (κ3) is 3.32. The highest BCUT2D eigenvalue weighted by molar-refractivity contribution is 5.95. The van der Waals surface area contributed by atoms with Gasteiger partial charge in [0.1, 0.15) is 6.26 Å². The van der Waals surface area contributed by atoms with Crippen molar-refractivity contribution in [1.29, 1.82) is 0 Å². The molecule has 1 N–H and O–H groups in total. The Bertz CT molecular complexity index is 953. The first-order valence-corrected chi connectivity index (χ1v) is 9.25. The molecule has 0 unspecified atom stereocenters. The number of amides is 2. The van der Waals surface area contributed by atoms with Gasteiger partial charge in [-0.15, -0.1) is 0 Å². The highest BCUT2D eigenvalue weighted by atomic mass is 16.3. The van der Waals surface area contributed by atoms with Crippen molar-refractivity contribution >= 4 is 28.8 Å². The summed E-state index contributed by atoms with van der Waals surface area (Å²) in [5.74, 6) is 0.384. The van der Waals surface area contributed by atoms with Gasteiger partial charge in [-0.25, -0.2) is 4.98 Å². The second kappa shape index (κ2) is 7.26. The van der Waals surface area contributed by atoms with Crippen molar-refractivity contribution in [2.75, 3.05) is 18.4 Å². The fourth-order valence-electron chi connectivity index (χ4n) is 3.62. The predicted octanol–water partition coefficient (Wildman–Crippen LogP) is 3.14. The van der Waals surface area contributed by atoms with E-state index in [9.17, 15) is 9.59 Å². The third-order valence-corrected chi connectivity index (χ3v) is 5.13. The predicted molar refractivity (Wildman–Crippen MR) is 101 cm³/mol. The summed E-state index contributed by atoms with van der Waals surface area (Å²) in [6.07, 6.45) is 4.23. The summed E-state index contributed by atoms with van der Waals surface area (Å²) in [6.45, 7) is 3.89. The number of nitrogens with zero attached hydrogens (tertiary/aromatic N) is 3. The molecule has 0 radical (unpaired) electrons. The number of likely N-dealkylation sites (tertiary alicyclic amines) is 1. The minimum Gasteiger partial charge on any atom is -0.472 e. The molecular weight excluding hydrogens is 344 g/mol. The minimum absolute atomic E-state index is 0.0320. The first-order chi connectivity index (χ1) is 13.2. The molecule has 1 aromatic carbocycles. The third-order valence-electron chi connectivity index (χ3n) is 5.13. The summed E-state index contributed by atoms with van der Waals surface area (Å²) in [5.41, 5.74) is 2.43. The van der Waals surface area contributed by atoms with Gasteiger partial charge in [-0.1, -0.05) is 12.1 Å². The maximum Gasteiger partial charge on any atom is 0.257 e. The van der Waals surface area contributed by atoms with Gasteiger partial charge in [0.2, 0.25) is 11.9 Å². The zero-order valence-electron chi connectivity index (χ0n) is 15.2. The van der Waals surface area contributed by atoms with Gasteiger partial charge in [0, 0.05) is 25.6 Å². The van der Waals surface area contributed by atoms with Crippen molar-refractivity contribution in [3.05, 3.63) is 48.4 Å². The Kier molecular flexibility index (Phi) is 4.66. The lowest BCUT2D eigenvalue weighted by Gasteiger charge is -2.31. The molecule has 27 heavy (non-hydrogen) atoms. The van der Waals surface area contributed by atoms with Crippen LogP contribution in [0.1, 0.15) is 30.1 Å². The Morgan fingerprint density at radius 2 is 2.00 bits per heavy atom. The minimum atomic E-state index is -0.122. The van der Waals surface area contributed by atoms with Crippen LogP contribution >= 0.6 is 0 Å². The lowest BCUT2D eigenvalue weighted by molar-refractivity contribution is -0.121. The smallest absolute Gasteiger partial charge is 0.257 e. The monoisotopic (exact) mass is 366 g/mol. The number of benzene rings is 1. The van der Waals surface area contributed by atoms with E-state index in [1.807, 2.05) is 35.8 Å². The number of piperidine rings is 1. The van der Waals surface area contributed by atoms with Crippen LogP contribution in [0.3, 0.4) is 0 Å². The molecule has 0 saturated carbocycles. The number of imidazole rings is 1. The number of anilines is 1. The second-order valence-corrected chi connectivity index (χ2v) is 6.74. The van der Waals surface area contributed by atoms with Crippen LogP contribution in [0.15, 0.2) is 47.3 Å². The number of rotatable bonds is 4. The molecule has 0 atom stereocenters. The van der Waals surface area contributed by atoms with Crippen LogP contribution in [0.25, 0.3) is 11.0 Å². The van der Waals surface area contributed by atoms with Crippen LogP contribution in [0.5, 0.6) is 0 Å². The zero-order valence-corrected chi connectivity index (χ0v) is 15.2. The Hall–Kier alpha value is -3.09. The standard InChI is InChI=1S/C20H22N4O3/c1-2-24-17-6-4-3-5-16(17)21-20(24)22-18(25)14-7-10-23(11-8-14)19(26)15-9-12-27-13-15/h3-6,9,12-14H,2,7-8,10-11H2,1H3,(H,21,22,25). The number of hydrogen-bond acceptors (Lipinski definition) is 4. The van der Waals surface area contributed by atoms with Crippen molar-refractivity contribution in [2.24, 2.45) is 5.92 Å². The summed E-state index contributed by atoms with van der Waals surface area (Å²) < 4.78 is 6.98. The van der Waals surface area contributed by atoms with E-state index in [1.54, 1.807) is 11.0 Å². The highest BCUT2D eigenvalue weighted by Crippen LogP contribution is 2.23. The van der Waals surface area contributed by atoms with E-state index < -0.39 is 0 Å². The van der Waals surface area contributed by atoms with Gasteiger partial charge in [-0.2, -0.15) is 0 Å². The van der Waals surface area contributed by atoms with Gasteiger partial charge in [-0.3, -0.25) is 14.9 Å². The number of para-hydroxylation sites is 2. The second-order valence-electron chi connectivity index (χ2n) is 6.74. The molecule has 7 nitrogen and oxygen atoms in total. The Labute approximate surface area is 157 Å². The maximum absolute atomic E-state index is 12.7. The number of furan rings is 1. The first kappa shape index (κ1) is 17.3. The average molecular weight is 366 g/mol. The molecule has 0 bridgehead atoms. The summed E-state index contributed by atoms with van der Waals surface area (Å²) >= 11 is 0. The number of aromatic nitrogens is 2. The van der Waals surface area contributed by atoms with E-state index in [2.05, 4.69) is 10.3 Å². The van der Waals surface area contributed by atoms with Gasteiger partial charge in [0.25, 0.3) is 5.91 Å². The Morgan fingerprint density at radius 3 is 2.70 bits per heavy atom. The van der Waals surface area contributed by atoms with Crippen LogP contribution in [0, 0.1) is 5.92 Å². The molecule has 7 heteroatoms. The van der Waals surface area contributed by atoms with Crippen LogP contribution in [-0.2, 0) is 11.3 Å². The summed E-state index contributed by atoms with van der Waals surface area (Å²) in [7, 11) is 0. The van der Waals surface area contributed by atoms with Crippen molar-refractivity contribution in [3.8, 4) is 0 Å². The van der Waals surface area contributed by atoms with E-state index >= 15 is 0 Å². The molecule has 2 aromatic heterocycles. The van der Waals surface area contributed by atoms with Gasteiger partial charge in [-0.05, 0) is 38.0 Å². The molecule has 3 heterocycles. The first-order valence-electron chi connectivity index (χ1n) is 9.25. The molecule has 4 rings (SSSR count). The van der Waals surface area contributed by atoms with Gasteiger partial charge in [0.15, 0.2) is 0 Å². The van der Waals surface area contributed by atoms with Crippen LogP contribution in [0.2, 0.25) is 0 Å². The van der Waals surface area contributed by atoms with Crippen molar-refractivity contribution < 1.29 is 14.0 Å². The molecule has 1 saturated heterocycles. The molecule has 2 amide bonds. The van der Waals surface area contributed by atoms with Gasteiger partial charge < -0.3 is 13.9 Å². The van der Waals surface area contributed by atoms with Gasteiger partial charge >= 0.3 is 0 Å². The average Bonchev–Trinajstić information content (AvgIpc) is 3.35. The molecular formula is C20H22N4O3. The molecule has 140 valence electrons. The number of carbonyl (C=O) groups is 2. The van der Waals surface area contributed by atoms with Crippen molar-refractivity contribution in [3.63, 3.8) is 0 Å². The molecule has 3 aromatic rings. The Balaban J connectivity index is 1.41. The van der Waals surface area contributed by atoms with Crippen molar-refractivity contribution in [1.82, 2.24) is 14.5 Å². The van der Waals surface area contributed by atoms with Crippen LogP contribution < -0.4 is 5.32 Å². The lowest BCUT2D eigenvalue weighted by Crippen LogP contribution is -2.41. The largest absolute Gasteiger partial charge is 0.472 e. The molecule has 1 aliphatic heterocycles. The van der Waals surface area contributed by atoms with E-state index in [0.717, 1.165) is 17.6 Å². The fraction of sp³-hybridized carbons (Fsp3) is 0.350. The highest BCUT2D eigenvalue weighted by Gasteiger charge is 2.29. The molecule has 1 aliphatic rings. The normalized spacial score (nSPS) is 15.2. The summed E-state index contributed by atoms with van der Waals surface area (Å²) in [4.78, 5) is 31.4. The van der Waals surface area contributed by atoms with Gasteiger partial charge in [0.05, 0.1) is 22.9 Å². The number of hydrogen-bond donors (Lipinski definition) is 1. The Morgan fingerprint density at radius 1 is 1.22 bits per heavy atom. The van der Waals surface area contributed by atoms with Crippen molar-refractivity contribution in [2.45, 2.75) is 26.3 Å². The van der Waals surface area contributed by atoms with E-state index in [1.165, 1.54) is 12.5 Å². The van der Waals surface area contributed by atoms with E-state index in [0.29, 0.717) is 37.4 Å². The molecule has 0 spiro atoms. The summed E-state index contributed by atoms with van der Waals surface area (Å²) in [5, 5.41) is 2.99. The SMILES string of the molecule is CCn1c(NC(=O)C2CCN(C(=O)c3ccoc3)CC2)nc2ccccc21. The van der Waals surface area contributed by atoms with Crippen LogP contribution in [-0.4, -0.2) is 39.4 Å². The topological polar surface area (TPSA) is 80.4 Å². The van der Waals surface area contributed by atoms with E-state index in [-0.39, 0.29) is 17.7 Å². The maximum atomic E-state index is 12.7. The quantitative estimate of drug-likeness (QED) is 0.769. The number of fused-ring (bicyclic) bond motifs is 1. The number of nitrogens with one attached hydrogen (secondary N) is 1. The van der Waals surface area contributed by atoms with E-state index in [4.69, 9.17) is 4.42 Å². The zero-order chi connectivity index (χ0) is 18.8. The molecule has 0 aliphatic carbocycles. The number of aryl methyl sites for hydroxylation is 1. The summed E-state index contributed by atoms with van der Waals surface area (Å²) in [6, 6.07) is 9.51.